The minimum absolute atomic E-state index is 0.728. The molecule has 3 rings (SSSR count). The zero-order chi connectivity index (χ0) is 14.8. The van der Waals surface area contributed by atoms with Crippen molar-refractivity contribution in [3.8, 4) is 0 Å². The van der Waals surface area contributed by atoms with Crippen LogP contribution in [0.25, 0.3) is 0 Å². The molecule has 0 spiro atoms. The number of hydrogen-bond acceptors (Lipinski definition) is 2. The first-order valence-electron chi connectivity index (χ1n) is 7.77. The third-order valence-corrected chi connectivity index (χ3v) is 4.45. The second-order valence-electron chi connectivity index (χ2n) is 6.25. The second kappa shape index (κ2) is 5.90. The number of nitrogens with two attached hydrogens (primary N) is 1. The summed E-state index contributed by atoms with van der Waals surface area (Å²) in [5.74, 6) is 0. The maximum absolute atomic E-state index is 6.10. The van der Waals surface area contributed by atoms with Gasteiger partial charge in [0, 0.05) is 24.8 Å². The van der Waals surface area contributed by atoms with Gasteiger partial charge in [0.1, 0.15) is 0 Å². The van der Waals surface area contributed by atoms with E-state index in [2.05, 4.69) is 49.1 Å². The first-order valence-corrected chi connectivity index (χ1v) is 7.77. The van der Waals surface area contributed by atoms with Gasteiger partial charge in [-0.2, -0.15) is 0 Å². The number of hydrogen-bond donors (Lipinski definition) is 1. The fourth-order valence-corrected chi connectivity index (χ4v) is 2.79. The Bertz CT molecular complexity index is 629. The third kappa shape index (κ3) is 3.45. The van der Waals surface area contributed by atoms with Crippen molar-refractivity contribution < 1.29 is 0 Å². The lowest BCUT2D eigenvalue weighted by atomic mass is 10.1. The van der Waals surface area contributed by atoms with Gasteiger partial charge >= 0.3 is 0 Å². The molecule has 2 aromatic carbocycles. The number of benzene rings is 2. The smallest absolute Gasteiger partial charge is 0.0359 e. The highest BCUT2D eigenvalue weighted by molar-refractivity contribution is 5.46. The molecule has 1 aliphatic carbocycles. The van der Waals surface area contributed by atoms with Crippen LogP contribution in [0.2, 0.25) is 0 Å². The minimum Gasteiger partial charge on any atom is -0.398 e. The first kappa shape index (κ1) is 14.2. The van der Waals surface area contributed by atoms with Crippen LogP contribution in [-0.2, 0) is 13.1 Å². The molecular formula is C19H24N2. The van der Waals surface area contributed by atoms with Crippen molar-refractivity contribution in [1.29, 1.82) is 0 Å². The fourth-order valence-electron chi connectivity index (χ4n) is 2.79. The molecule has 0 atom stereocenters. The van der Waals surface area contributed by atoms with E-state index < -0.39 is 0 Å². The average molecular weight is 280 g/mol. The summed E-state index contributed by atoms with van der Waals surface area (Å²) in [5, 5.41) is 0. The molecule has 2 heteroatoms. The Morgan fingerprint density at radius 2 is 1.76 bits per heavy atom. The number of para-hydroxylation sites is 1. The Morgan fingerprint density at radius 1 is 1.00 bits per heavy atom. The lowest BCUT2D eigenvalue weighted by molar-refractivity contribution is 0.246. The molecule has 0 aliphatic heterocycles. The predicted molar refractivity (Wildman–Crippen MR) is 89.0 cm³/mol. The lowest BCUT2D eigenvalue weighted by Gasteiger charge is -2.23. The van der Waals surface area contributed by atoms with Gasteiger partial charge in [0.15, 0.2) is 0 Å². The van der Waals surface area contributed by atoms with Crippen LogP contribution in [0, 0.1) is 13.8 Å². The van der Waals surface area contributed by atoms with Gasteiger partial charge < -0.3 is 5.73 Å². The van der Waals surface area contributed by atoms with Crippen LogP contribution < -0.4 is 5.73 Å². The van der Waals surface area contributed by atoms with Gasteiger partial charge in [-0.25, -0.2) is 0 Å². The van der Waals surface area contributed by atoms with E-state index in [1.54, 1.807) is 0 Å². The summed E-state index contributed by atoms with van der Waals surface area (Å²) in [6, 6.07) is 15.8. The number of anilines is 1. The van der Waals surface area contributed by atoms with E-state index in [1.807, 2.05) is 12.1 Å². The molecule has 0 radical (unpaired) electrons. The van der Waals surface area contributed by atoms with Crippen molar-refractivity contribution in [3.63, 3.8) is 0 Å². The highest BCUT2D eigenvalue weighted by Crippen LogP contribution is 2.31. The molecule has 0 amide bonds. The topological polar surface area (TPSA) is 29.3 Å². The monoisotopic (exact) mass is 280 g/mol. The maximum atomic E-state index is 6.10. The van der Waals surface area contributed by atoms with Crippen LogP contribution in [-0.4, -0.2) is 10.9 Å². The summed E-state index contributed by atoms with van der Waals surface area (Å²) in [5.41, 5.74) is 12.4. The van der Waals surface area contributed by atoms with Crippen molar-refractivity contribution in [1.82, 2.24) is 4.90 Å². The SMILES string of the molecule is Cc1ccc(CN(Cc2ccccc2N)C2CC2)cc1C. The summed E-state index contributed by atoms with van der Waals surface area (Å²) in [4.78, 5) is 2.57. The molecule has 110 valence electrons. The van der Waals surface area contributed by atoms with Gasteiger partial charge in [0.2, 0.25) is 0 Å². The van der Waals surface area contributed by atoms with Crippen molar-refractivity contribution in [2.75, 3.05) is 5.73 Å². The molecule has 0 aromatic heterocycles. The standard InChI is InChI=1S/C19H24N2/c1-14-7-8-16(11-15(14)2)12-21(18-9-10-18)13-17-5-3-4-6-19(17)20/h3-8,11,18H,9-10,12-13,20H2,1-2H3. The van der Waals surface area contributed by atoms with E-state index in [4.69, 9.17) is 5.73 Å². The summed E-state index contributed by atoms with van der Waals surface area (Å²) in [7, 11) is 0. The van der Waals surface area contributed by atoms with Crippen LogP contribution in [0.5, 0.6) is 0 Å². The number of nitrogens with zero attached hydrogens (tertiary/aromatic N) is 1. The highest BCUT2D eigenvalue weighted by atomic mass is 15.2. The van der Waals surface area contributed by atoms with E-state index in [9.17, 15) is 0 Å². The summed E-state index contributed by atoms with van der Waals surface area (Å²) in [6.07, 6.45) is 2.63. The van der Waals surface area contributed by atoms with Crippen LogP contribution in [0.15, 0.2) is 42.5 Å². The van der Waals surface area contributed by atoms with Gasteiger partial charge in [0.05, 0.1) is 0 Å². The van der Waals surface area contributed by atoms with Crippen molar-refractivity contribution >= 4 is 5.69 Å². The Balaban J connectivity index is 1.76. The van der Waals surface area contributed by atoms with Crippen LogP contribution in [0.4, 0.5) is 5.69 Å². The summed E-state index contributed by atoms with van der Waals surface area (Å²) >= 11 is 0. The molecule has 0 bridgehead atoms. The normalized spacial score (nSPS) is 14.6. The molecule has 0 heterocycles. The lowest BCUT2D eigenvalue weighted by Crippen LogP contribution is -2.25. The predicted octanol–water partition coefficient (Wildman–Crippen LogP) is 4.05. The van der Waals surface area contributed by atoms with E-state index in [0.29, 0.717) is 0 Å². The minimum atomic E-state index is 0.728. The molecule has 1 saturated carbocycles. The zero-order valence-electron chi connectivity index (χ0n) is 13.0. The highest BCUT2D eigenvalue weighted by Gasteiger charge is 2.29. The van der Waals surface area contributed by atoms with E-state index in [-0.39, 0.29) is 0 Å². The molecule has 2 N–H and O–H groups in total. The number of aryl methyl sites for hydroxylation is 2. The average Bonchev–Trinajstić information content (AvgIpc) is 3.29. The number of rotatable bonds is 5. The summed E-state index contributed by atoms with van der Waals surface area (Å²) < 4.78 is 0. The Morgan fingerprint density at radius 3 is 2.43 bits per heavy atom. The van der Waals surface area contributed by atoms with Crippen molar-refractivity contribution in [2.45, 2.75) is 45.8 Å². The molecule has 0 saturated heterocycles. The Kier molecular flexibility index (Phi) is 3.98. The van der Waals surface area contributed by atoms with E-state index in [1.165, 1.54) is 35.1 Å². The molecule has 2 nitrogen and oxygen atoms in total. The van der Waals surface area contributed by atoms with Crippen LogP contribution >= 0.6 is 0 Å². The summed E-state index contributed by atoms with van der Waals surface area (Å²) in [6.45, 7) is 6.32. The first-order chi connectivity index (χ1) is 10.1. The largest absolute Gasteiger partial charge is 0.398 e. The Hall–Kier alpha value is -1.80. The van der Waals surface area contributed by atoms with Crippen molar-refractivity contribution in [3.05, 3.63) is 64.7 Å². The van der Waals surface area contributed by atoms with Crippen LogP contribution in [0.1, 0.15) is 35.1 Å². The van der Waals surface area contributed by atoms with Crippen molar-refractivity contribution in [2.24, 2.45) is 0 Å². The molecule has 2 aromatic rings. The van der Waals surface area contributed by atoms with E-state index >= 15 is 0 Å². The molecule has 1 fully saturated rings. The van der Waals surface area contributed by atoms with Gasteiger partial charge in [-0.1, -0.05) is 36.4 Å². The zero-order valence-corrected chi connectivity index (χ0v) is 13.0. The second-order valence-corrected chi connectivity index (χ2v) is 6.25. The van der Waals surface area contributed by atoms with Gasteiger partial charge in [-0.15, -0.1) is 0 Å². The molecule has 21 heavy (non-hydrogen) atoms. The Labute approximate surface area is 127 Å². The van der Waals surface area contributed by atoms with Gasteiger partial charge in [-0.05, 0) is 55.0 Å². The van der Waals surface area contributed by atoms with Gasteiger partial charge in [-0.3, -0.25) is 4.90 Å². The quantitative estimate of drug-likeness (QED) is 0.837. The maximum Gasteiger partial charge on any atom is 0.0359 e. The fraction of sp³-hybridized carbons (Fsp3) is 0.368. The molecular weight excluding hydrogens is 256 g/mol. The molecule has 1 aliphatic rings. The molecule has 0 unspecified atom stereocenters. The third-order valence-electron chi connectivity index (χ3n) is 4.45. The van der Waals surface area contributed by atoms with Crippen LogP contribution in [0.3, 0.4) is 0 Å². The van der Waals surface area contributed by atoms with E-state index in [0.717, 1.165) is 24.8 Å². The number of nitrogen functional groups attached to an aromatic ring is 1. The van der Waals surface area contributed by atoms with Gasteiger partial charge in [0.25, 0.3) is 0 Å².